The summed E-state index contributed by atoms with van der Waals surface area (Å²) in [5.74, 6) is 1.21. The van der Waals surface area contributed by atoms with E-state index >= 15 is 0 Å². The van der Waals surface area contributed by atoms with Gasteiger partial charge in [-0.15, -0.1) is 11.6 Å². The second-order valence-corrected chi connectivity index (χ2v) is 4.90. The maximum atomic E-state index is 5.79. The van der Waals surface area contributed by atoms with Crippen LogP contribution < -0.4 is 4.90 Å². The third-order valence-corrected chi connectivity index (χ3v) is 2.92. The number of alkyl halides is 1. The molecule has 0 heterocycles. The van der Waals surface area contributed by atoms with Crippen molar-refractivity contribution in [2.24, 2.45) is 5.92 Å². The Morgan fingerprint density at radius 3 is 2.35 bits per heavy atom. The van der Waals surface area contributed by atoms with Gasteiger partial charge >= 0.3 is 0 Å². The zero-order valence-corrected chi connectivity index (χ0v) is 11.7. The van der Waals surface area contributed by atoms with E-state index in [2.05, 4.69) is 43.0 Å². The summed E-state index contributed by atoms with van der Waals surface area (Å²) in [7, 11) is 1.74. The lowest BCUT2D eigenvalue weighted by Gasteiger charge is -2.26. The standard InChI is InChI=1S/C14H22ClNO/c1-12(2)11-16(8-9-17-3)14-6-4-13(10-15)5-7-14/h4-7,12H,8-11H2,1-3H3. The molecule has 1 aromatic rings. The van der Waals surface area contributed by atoms with Crippen molar-refractivity contribution >= 4 is 17.3 Å². The molecule has 1 rings (SSSR count). The SMILES string of the molecule is COCCN(CC(C)C)c1ccc(CCl)cc1. The fraction of sp³-hybridized carbons (Fsp3) is 0.571. The molecule has 0 aliphatic heterocycles. The molecule has 0 bridgehead atoms. The van der Waals surface area contributed by atoms with Gasteiger partial charge in [0.05, 0.1) is 6.61 Å². The third-order valence-electron chi connectivity index (χ3n) is 2.61. The zero-order chi connectivity index (χ0) is 12.7. The topological polar surface area (TPSA) is 12.5 Å². The predicted molar refractivity (Wildman–Crippen MR) is 74.9 cm³/mol. The van der Waals surface area contributed by atoms with Gasteiger partial charge in [-0.05, 0) is 23.6 Å². The average molecular weight is 256 g/mol. The van der Waals surface area contributed by atoms with Crippen LogP contribution >= 0.6 is 11.6 Å². The highest BCUT2D eigenvalue weighted by Gasteiger charge is 2.08. The Balaban J connectivity index is 2.72. The molecular formula is C14H22ClNO. The predicted octanol–water partition coefficient (Wildman–Crippen LogP) is 3.53. The van der Waals surface area contributed by atoms with Crippen molar-refractivity contribution in [2.45, 2.75) is 19.7 Å². The minimum atomic E-state index is 0.572. The molecule has 0 aliphatic carbocycles. The number of anilines is 1. The molecule has 0 radical (unpaired) electrons. The molecule has 0 aromatic heterocycles. The minimum absolute atomic E-state index is 0.572. The van der Waals surface area contributed by atoms with Crippen molar-refractivity contribution in [3.8, 4) is 0 Å². The smallest absolute Gasteiger partial charge is 0.0637 e. The number of methoxy groups -OCH3 is 1. The number of rotatable bonds is 7. The number of hydrogen-bond donors (Lipinski definition) is 0. The van der Waals surface area contributed by atoms with Crippen LogP contribution in [-0.4, -0.2) is 26.8 Å². The van der Waals surface area contributed by atoms with Gasteiger partial charge in [-0.2, -0.15) is 0 Å². The molecule has 0 saturated carbocycles. The molecule has 0 spiro atoms. The van der Waals surface area contributed by atoms with E-state index in [0.717, 1.165) is 25.3 Å². The summed E-state index contributed by atoms with van der Waals surface area (Å²) in [6.07, 6.45) is 0. The van der Waals surface area contributed by atoms with Gasteiger partial charge in [0.15, 0.2) is 0 Å². The van der Waals surface area contributed by atoms with E-state index in [-0.39, 0.29) is 0 Å². The summed E-state index contributed by atoms with van der Waals surface area (Å²) in [4.78, 5) is 2.35. The molecule has 0 fully saturated rings. The fourth-order valence-corrected chi connectivity index (χ4v) is 1.94. The van der Waals surface area contributed by atoms with Crippen molar-refractivity contribution in [3.05, 3.63) is 29.8 Å². The number of nitrogens with zero attached hydrogens (tertiary/aromatic N) is 1. The van der Waals surface area contributed by atoms with E-state index in [4.69, 9.17) is 16.3 Å². The molecule has 1 aromatic carbocycles. The van der Waals surface area contributed by atoms with Crippen LogP contribution in [-0.2, 0) is 10.6 Å². The van der Waals surface area contributed by atoms with E-state index in [9.17, 15) is 0 Å². The van der Waals surface area contributed by atoms with E-state index in [0.29, 0.717) is 11.8 Å². The molecule has 0 amide bonds. The van der Waals surface area contributed by atoms with Gasteiger partial charge in [0.2, 0.25) is 0 Å². The van der Waals surface area contributed by atoms with Crippen LogP contribution in [0.2, 0.25) is 0 Å². The molecule has 2 nitrogen and oxygen atoms in total. The quantitative estimate of drug-likeness (QED) is 0.691. The molecular weight excluding hydrogens is 234 g/mol. The van der Waals surface area contributed by atoms with Crippen LogP contribution in [0.3, 0.4) is 0 Å². The fourth-order valence-electron chi connectivity index (χ4n) is 1.76. The molecule has 0 saturated heterocycles. The molecule has 3 heteroatoms. The number of benzene rings is 1. The van der Waals surface area contributed by atoms with Crippen LogP contribution in [0.4, 0.5) is 5.69 Å². The van der Waals surface area contributed by atoms with Crippen molar-refractivity contribution < 1.29 is 4.74 Å². The number of halogens is 1. The summed E-state index contributed by atoms with van der Waals surface area (Å²) in [6, 6.07) is 8.44. The highest BCUT2D eigenvalue weighted by atomic mass is 35.5. The first kappa shape index (κ1) is 14.3. The Labute approximate surface area is 110 Å². The Hall–Kier alpha value is -0.730. The van der Waals surface area contributed by atoms with Gasteiger partial charge in [0.25, 0.3) is 0 Å². The Morgan fingerprint density at radius 2 is 1.88 bits per heavy atom. The maximum Gasteiger partial charge on any atom is 0.0637 e. The van der Waals surface area contributed by atoms with E-state index in [1.807, 2.05) is 0 Å². The van der Waals surface area contributed by atoms with Gasteiger partial charge in [0.1, 0.15) is 0 Å². The Kier molecular flexibility index (Phi) is 6.38. The lowest BCUT2D eigenvalue weighted by molar-refractivity contribution is 0.204. The first-order chi connectivity index (χ1) is 8.17. The van der Waals surface area contributed by atoms with Crippen molar-refractivity contribution in [1.29, 1.82) is 0 Å². The van der Waals surface area contributed by atoms with E-state index in [1.165, 1.54) is 5.69 Å². The second kappa shape index (κ2) is 7.57. The van der Waals surface area contributed by atoms with Crippen LogP contribution in [0.5, 0.6) is 0 Å². The van der Waals surface area contributed by atoms with Crippen molar-refractivity contribution in [3.63, 3.8) is 0 Å². The van der Waals surface area contributed by atoms with Gasteiger partial charge < -0.3 is 9.64 Å². The summed E-state index contributed by atoms with van der Waals surface area (Å²) >= 11 is 5.79. The molecule has 0 N–H and O–H groups in total. The van der Waals surface area contributed by atoms with Crippen LogP contribution in [0, 0.1) is 5.92 Å². The van der Waals surface area contributed by atoms with Gasteiger partial charge in [-0.3, -0.25) is 0 Å². The second-order valence-electron chi connectivity index (χ2n) is 4.63. The highest BCUT2D eigenvalue weighted by Crippen LogP contribution is 2.17. The van der Waals surface area contributed by atoms with E-state index < -0.39 is 0 Å². The lowest BCUT2D eigenvalue weighted by atomic mass is 10.1. The molecule has 0 aliphatic rings. The van der Waals surface area contributed by atoms with Crippen LogP contribution in [0.15, 0.2) is 24.3 Å². The monoisotopic (exact) mass is 255 g/mol. The first-order valence-corrected chi connectivity index (χ1v) is 6.59. The Morgan fingerprint density at radius 1 is 1.24 bits per heavy atom. The van der Waals surface area contributed by atoms with Gasteiger partial charge in [-0.25, -0.2) is 0 Å². The number of ether oxygens (including phenoxy) is 1. The zero-order valence-electron chi connectivity index (χ0n) is 10.9. The Bertz CT molecular complexity index is 311. The summed E-state index contributed by atoms with van der Waals surface area (Å²) < 4.78 is 5.16. The van der Waals surface area contributed by atoms with E-state index in [1.54, 1.807) is 7.11 Å². The highest BCUT2D eigenvalue weighted by molar-refractivity contribution is 6.17. The average Bonchev–Trinajstić information content (AvgIpc) is 2.34. The van der Waals surface area contributed by atoms with Crippen LogP contribution in [0.1, 0.15) is 19.4 Å². The first-order valence-electron chi connectivity index (χ1n) is 6.06. The lowest BCUT2D eigenvalue weighted by Crippen LogP contribution is -2.30. The molecule has 96 valence electrons. The molecule has 17 heavy (non-hydrogen) atoms. The number of hydrogen-bond acceptors (Lipinski definition) is 2. The summed E-state index contributed by atoms with van der Waals surface area (Å²) in [5, 5.41) is 0. The largest absolute Gasteiger partial charge is 0.383 e. The molecule has 0 unspecified atom stereocenters. The van der Waals surface area contributed by atoms with Gasteiger partial charge in [0, 0.05) is 31.8 Å². The summed E-state index contributed by atoms with van der Waals surface area (Å²) in [5.41, 5.74) is 2.40. The minimum Gasteiger partial charge on any atom is -0.383 e. The molecule has 0 atom stereocenters. The van der Waals surface area contributed by atoms with Crippen LogP contribution in [0.25, 0.3) is 0 Å². The van der Waals surface area contributed by atoms with Crippen molar-refractivity contribution in [2.75, 3.05) is 31.7 Å². The van der Waals surface area contributed by atoms with Crippen molar-refractivity contribution in [1.82, 2.24) is 0 Å². The summed E-state index contributed by atoms with van der Waals surface area (Å²) in [6.45, 7) is 7.18. The van der Waals surface area contributed by atoms with Gasteiger partial charge in [-0.1, -0.05) is 26.0 Å². The third kappa shape index (κ3) is 4.97. The normalized spacial score (nSPS) is 10.9. The maximum absolute atomic E-state index is 5.79.